The number of carbonyl (C=O) groups excluding carboxylic acids is 2. The van der Waals surface area contributed by atoms with Crippen LogP contribution in [-0.4, -0.2) is 35.4 Å². The Morgan fingerprint density at radius 3 is 1.70 bits per heavy atom. The normalized spacial score (nSPS) is 10.4. The van der Waals surface area contributed by atoms with Crippen LogP contribution in [0.5, 0.6) is 11.5 Å². The molecule has 0 atom stereocenters. The van der Waals surface area contributed by atoms with E-state index in [0.29, 0.717) is 6.42 Å². The van der Waals surface area contributed by atoms with Gasteiger partial charge in [-0.1, -0.05) is 20.3 Å². The van der Waals surface area contributed by atoms with Crippen molar-refractivity contribution in [1.82, 2.24) is 0 Å². The van der Waals surface area contributed by atoms with E-state index in [1.165, 1.54) is 36.4 Å². The molecular formula is C21H24O6. The SMILES string of the molecule is CCCCOC(=O)c1ccc(O)cc1-c1cc(O)ccc1C(=O)OCCC. The number of hydrogen-bond donors (Lipinski definition) is 2. The molecule has 144 valence electrons. The van der Waals surface area contributed by atoms with Crippen molar-refractivity contribution in [3.63, 3.8) is 0 Å². The molecule has 0 spiro atoms. The van der Waals surface area contributed by atoms with Crippen LogP contribution in [-0.2, 0) is 9.47 Å². The number of esters is 2. The molecule has 0 unspecified atom stereocenters. The van der Waals surface area contributed by atoms with Crippen molar-refractivity contribution < 1.29 is 29.3 Å². The quantitative estimate of drug-likeness (QED) is 0.530. The van der Waals surface area contributed by atoms with Crippen LogP contribution in [0, 0.1) is 0 Å². The van der Waals surface area contributed by atoms with Crippen molar-refractivity contribution >= 4 is 11.9 Å². The molecule has 0 heterocycles. The smallest absolute Gasteiger partial charge is 0.338 e. The van der Waals surface area contributed by atoms with Crippen LogP contribution in [0.1, 0.15) is 53.8 Å². The molecule has 0 aromatic heterocycles. The lowest BCUT2D eigenvalue weighted by atomic mass is 9.94. The van der Waals surface area contributed by atoms with Gasteiger partial charge in [-0.2, -0.15) is 0 Å². The highest BCUT2D eigenvalue weighted by Crippen LogP contribution is 2.33. The lowest BCUT2D eigenvalue weighted by Crippen LogP contribution is -2.11. The fourth-order valence-corrected chi connectivity index (χ4v) is 2.53. The van der Waals surface area contributed by atoms with Gasteiger partial charge in [0.25, 0.3) is 0 Å². The Balaban J connectivity index is 2.50. The van der Waals surface area contributed by atoms with Crippen molar-refractivity contribution in [2.75, 3.05) is 13.2 Å². The Kier molecular flexibility index (Phi) is 7.23. The van der Waals surface area contributed by atoms with Crippen molar-refractivity contribution in [3.8, 4) is 22.6 Å². The zero-order valence-corrected chi connectivity index (χ0v) is 15.5. The summed E-state index contributed by atoms with van der Waals surface area (Å²) in [6.45, 7) is 4.40. The summed E-state index contributed by atoms with van der Waals surface area (Å²) in [7, 11) is 0. The van der Waals surface area contributed by atoms with Crippen molar-refractivity contribution in [1.29, 1.82) is 0 Å². The molecule has 6 nitrogen and oxygen atoms in total. The molecule has 0 fully saturated rings. The third-order valence-corrected chi connectivity index (χ3v) is 3.90. The molecule has 2 rings (SSSR count). The monoisotopic (exact) mass is 372 g/mol. The Bertz CT molecular complexity index is 812. The van der Waals surface area contributed by atoms with E-state index < -0.39 is 11.9 Å². The molecule has 0 saturated carbocycles. The molecule has 0 aliphatic rings. The summed E-state index contributed by atoms with van der Waals surface area (Å²) in [6.07, 6.45) is 2.29. The minimum Gasteiger partial charge on any atom is -0.508 e. The Morgan fingerprint density at radius 2 is 1.26 bits per heavy atom. The van der Waals surface area contributed by atoms with E-state index in [9.17, 15) is 19.8 Å². The van der Waals surface area contributed by atoms with Gasteiger partial charge in [-0.3, -0.25) is 0 Å². The van der Waals surface area contributed by atoms with Gasteiger partial charge in [0.1, 0.15) is 11.5 Å². The third-order valence-electron chi connectivity index (χ3n) is 3.90. The number of aromatic hydroxyl groups is 2. The summed E-state index contributed by atoms with van der Waals surface area (Å²) >= 11 is 0. The fourth-order valence-electron chi connectivity index (χ4n) is 2.53. The lowest BCUT2D eigenvalue weighted by Gasteiger charge is -2.14. The van der Waals surface area contributed by atoms with Crippen LogP contribution in [0.4, 0.5) is 0 Å². The average Bonchev–Trinajstić information content (AvgIpc) is 2.66. The second-order valence-corrected chi connectivity index (χ2v) is 6.09. The Morgan fingerprint density at radius 1 is 0.778 bits per heavy atom. The predicted octanol–water partition coefficient (Wildman–Crippen LogP) is 4.29. The van der Waals surface area contributed by atoms with Gasteiger partial charge in [-0.25, -0.2) is 9.59 Å². The molecule has 2 N–H and O–H groups in total. The van der Waals surface area contributed by atoms with Gasteiger partial charge in [0.15, 0.2) is 0 Å². The zero-order valence-electron chi connectivity index (χ0n) is 15.5. The average molecular weight is 372 g/mol. The Hall–Kier alpha value is -3.02. The predicted molar refractivity (Wildman–Crippen MR) is 101 cm³/mol. The number of phenolic OH excluding ortho intramolecular Hbond substituents is 2. The molecule has 0 aliphatic carbocycles. The molecule has 0 amide bonds. The van der Waals surface area contributed by atoms with Gasteiger partial charge in [0.2, 0.25) is 0 Å². The van der Waals surface area contributed by atoms with Crippen LogP contribution in [0.3, 0.4) is 0 Å². The van der Waals surface area contributed by atoms with Gasteiger partial charge in [-0.05, 0) is 49.2 Å². The van der Waals surface area contributed by atoms with Crippen molar-refractivity contribution in [2.45, 2.75) is 33.1 Å². The van der Waals surface area contributed by atoms with Gasteiger partial charge < -0.3 is 19.7 Å². The van der Waals surface area contributed by atoms with E-state index in [1.54, 1.807) is 0 Å². The Labute approximate surface area is 158 Å². The molecule has 6 heteroatoms. The maximum absolute atomic E-state index is 12.5. The van der Waals surface area contributed by atoms with Gasteiger partial charge in [0.05, 0.1) is 24.3 Å². The van der Waals surface area contributed by atoms with Gasteiger partial charge in [-0.15, -0.1) is 0 Å². The summed E-state index contributed by atoms with van der Waals surface area (Å²) in [5, 5.41) is 19.8. The largest absolute Gasteiger partial charge is 0.508 e. The van der Waals surface area contributed by atoms with E-state index in [4.69, 9.17) is 9.47 Å². The first-order chi connectivity index (χ1) is 13.0. The van der Waals surface area contributed by atoms with E-state index in [2.05, 4.69) is 0 Å². The van der Waals surface area contributed by atoms with Crippen LogP contribution in [0.2, 0.25) is 0 Å². The summed E-state index contributed by atoms with van der Waals surface area (Å²) in [4.78, 5) is 24.9. The number of carbonyl (C=O) groups is 2. The minimum atomic E-state index is -0.569. The molecular weight excluding hydrogens is 348 g/mol. The van der Waals surface area contributed by atoms with E-state index >= 15 is 0 Å². The maximum atomic E-state index is 12.5. The first-order valence-corrected chi connectivity index (χ1v) is 8.98. The van der Waals surface area contributed by atoms with E-state index in [0.717, 1.165) is 12.8 Å². The topological polar surface area (TPSA) is 93.1 Å². The van der Waals surface area contributed by atoms with Crippen LogP contribution >= 0.6 is 0 Å². The number of hydrogen-bond acceptors (Lipinski definition) is 6. The molecule has 2 aromatic rings. The summed E-state index contributed by atoms with van der Waals surface area (Å²) in [5.41, 5.74) is 0.957. The molecule has 0 aliphatic heterocycles. The molecule has 0 saturated heterocycles. The zero-order chi connectivity index (χ0) is 19.8. The third kappa shape index (κ3) is 5.23. The number of rotatable bonds is 8. The van der Waals surface area contributed by atoms with Crippen LogP contribution in [0.25, 0.3) is 11.1 Å². The number of phenols is 2. The van der Waals surface area contributed by atoms with Gasteiger partial charge >= 0.3 is 11.9 Å². The first-order valence-electron chi connectivity index (χ1n) is 8.98. The van der Waals surface area contributed by atoms with E-state index in [1.807, 2.05) is 13.8 Å². The summed E-state index contributed by atoms with van der Waals surface area (Å²) < 4.78 is 10.5. The summed E-state index contributed by atoms with van der Waals surface area (Å²) in [6, 6.07) is 8.33. The highest BCUT2D eigenvalue weighted by atomic mass is 16.5. The number of ether oxygens (including phenoxy) is 2. The molecule has 0 radical (unpaired) electrons. The van der Waals surface area contributed by atoms with Crippen LogP contribution in [0.15, 0.2) is 36.4 Å². The van der Waals surface area contributed by atoms with E-state index in [-0.39, 0.29) is 47.0 Å². The maximum Gasteiger partial charge on any atom is 0.338 e. The lowest BCUT2D eigenvalue weighted by molar-refractivity contribution is 0.0491. The molecule has 0 bridgehead atoms. The second-order valence-electron chi connectivity index (χ2n) is 6.09. The molecule has 27 heavy (non-hydrogen) atoms. The highest BCUT2D eigenvalue weighted by molar-refractivity contribution is 6.03. The molecule has 2 aromatic carbocycles. The summed E-state index contributed by atoms with van der Waals surface area (Å²) in [5.74, 6) is -1.29. The van der Waals surface area contributed by atoms with Gasteiger partial charge in [0, 0.05) is 11.1 Å². The van der Waals surface area contributed by atoms with Crippen LogP contribution < -0.4 is 0 Å². The first kappa shape index (κ1) is 20.3. The fraction of sp³-hybridized carbons (Fsp3) is 0.333. The number of benzene rings is 2. The van der Waals surface area contributed by atoms with Crippen molar-refractivity contribution in [3.05, 3.63) is 47.5 Å². The van der Waals surface area contributed by atoms with Crippen molar-refractivity contribution in [2.24, 2.45) is 0 Å². The number of unbranched alkanes of at least 4 members (excludes halogenated alkanes) is 1. The minimum absolute atomic E-state index is 0.0775. The highest BCUT2D eigenvalue weighted by Gasteiger charge is 2.21. The second kappa shape index (κ2) is 9.62. The standard InChI is InChI=1S/C21H24O6/c1-3-5-11-27-21(25)17-9-7-15(23)13-19(17)18-12-14(22)6-8-16(18)20(24)26-10-4-2/h6-9,12-13,22-23H,3-5,10-11H2,1-2H3.